The monoisotopic (exact) mass is 467 g/mol. The third-order valence-corrected chi connectivity index (χ3v) is 5.46. The van der Waals surface area contributed by atoms with Crippen LogP contribution in [-0.2, 0) is 14.8 Å². The van der Waals surface area contributed by atoms with Gasteiger partial charge in [0.15, 0.2) is 11.5 Å². The second-order valence-electron chi connectivity index (χ2n) is 6.57. The van der Waals surface area contributed by atoms with Gasteiger partial charge in [0.25, 0.3) is 5.91 Å². The van der Waals surface area contributed by atoms with Gasteiger partial charge in [-0.15, -0.1) is 0 Å². The Hall–Kier alpha value is -2.78. The molecule has 0 radical (unpaired) electrons. The van der Waals surface area contributed by atoms with Gasteiger partial charge in [-0.25, -0.2) is 13.8 Å². The number of carbonyl (C=O) groups is 1. The smallest absolute Gasteiger partial charge is 0.260 e. The average Bonchev–Trinajstić information content (AvgIpc) is 2.69. The van der Waals surface area contributed by atoms with Gasteiger partial charge in [0, 0.05) is 5.02 Å². The highest BCUT2D eigenvalue weighted by Crippen LogP contribution is 2.28. The standard InChI is InChI=1S/C21H26ClN3O5S/c1-5-29-19-10-8-16(11-20(19)30-6-2)13-23-24-21(26)14-25(31(4,27)28)18-12-17(22)9-7-15(18)3/h7-13H,5-6,14H2,1-4H3,(H,24,26)/b23-13-. The zero-order valence-corrected chi connectivity index (χ0v) is 19.5. The van der Waals surface area contributed by atoms with Crippen molar-refractivity contribution in [3.8, 4) is 11.5 Å². The Balaban J connectivity index is 2.13. The van der Waals surface area contributed by atoms with Crippen LogP contribution in [0.1, 0.15) is 25.0 Å². The summed E-state index contributed by atoms with van der Waals surface area (Å²) in [5, 5.41) is 4.29. The Morgan fingerprint density at radius 2 is 1.81 bits per heavy atom. The Morgan fingerprint density at radius 3 is 2.45 bits per heavy atom. The molecule has 8 nitrogen and oxygen atoms in total. The Morgan fingerprint density at radius 1 is 1.13 bits per heavy atom. The minimum absolute atomic E-state index is 0.335. The number of nitrogens with zero attached hydrogens (tertiary/aromatic N) is 2. The largest absolute Gasteiger partial charge is 0.490 e. The molecule has 0 atom stereocenters. The molecule has 1 amide bonds. The van der Waals surface area contributed by atoms with Crippen LogP contribution in [0.2, 0.25) is 5.02 Å². The number of hydrazone groups is 1. The first-order chi connectivity index (χ1) is 14.7. The first kappa shape index (κ1) is 24.5. The van der Waals surface area contributed by atoms with Crippen LogP contribution in [-0.4, -0.2) is 46.6 Å². The van der Waals surface area contributed by atoms with Crippen molar-refractivity contribution in [3.63, 3.8) is 0 Å². The first-order valence-electron chi connectivity index (χ1n) is 9.61. The van der Waals surface area contributed by atoms with E-state index >= 15 is 0 Å². The minimum Gasteiger partial charge on any atom is -0.490 e. The van der Waals surface area contributed by atoms with Gasteiger partial charge in [0.05, 0.1) is 31.4 Å². The molecule has 0 bridgehead atoms. The predicted octanol–water partition coefficient (Wildman–Crippen LogP) is 3.36. The number of ether oxygens (including phenoxy) is 2. The molecule has 2 aromatic carbocycles. The van der Waals surface area contributed by atoms with Crippen molar-refractivity contribution < 1.29 is 22.7 Å². The van der Waals surface area contributed by atoms with E-state index in [-0.39, 0.29) is 0 Å². The normalized spacial score (nSPS) is 11.4. The lowest BCUT2D eigenvalue weighted by Gasteiger charge is -2.23. The number of nitrogens with one attached hydrogen (secondary N) is 1. The number of aryl methyl sites for hydroxylation is 1. The summed E-state index contributed by atoms with van der Waals surface area (Å²) in [6.45, 7) is 6.03. The van der Waals surface area contributed by atoms with Crippen molar-refractivity contribution in [3.05, 3.63) is 52.5 Å². The van der Waals surface area contributed by atoms with E-state index < -0.39 is 22.5 Å². The molecule has 168 valence electrons. The number of benzene rings is 2. The highest BCUT2D eigenvalue weighted by Gasteiger charge is 2.22. The topological polar surface area (TPSA) is 97.3 Å². The summed E-state index contributed by atoms with van der Waals surface area (Å²) in [7, 11) is -3.72. The second kappa shape index (κ2) is 11.0. The van der Waals surface area contributed by atoms with Crippen molar-refractivity contribution >= 4 is 39.4 Å². The molecule has 0 aromatic heterocycles. The maximum Gasteiger partial charge on any atom is 0.260 e. The number of rotatable bonds is 10. The van der Waals surface area contributed by atoms with Gasteiger partial charge >= 0.3 is 0 Å². The molecule has 0 saturated carbocycles. The highest BCUT2D eigenvalue weighted by molar-refractivity contribution is 7.92. The quantitative estimate of drug-likeness (QED) is 0.427. The fraction of sp³-hybridized carbons (Fsp3) is 0.333. The van der Waals surface area contributed by atoms with Gasteiger partial charge in [0.1, 0.15) is 6.54 Å². The van der Waals surface area contributed by atoms with Crippen LogP contribution >= 0.6 is 11.6 Å². The molecule has 0 aliphatic carbocycles. The fourth-order valence-corrected chi connectivity index (χ4v) is 3.80. The summed E-state index contributed by atoms with van der Waals surface area (Å²) >= 11 is 6.00. The van der Waals surface area contributed by atoms with Crippen molar-refractivity contribution in [2.75, 3.05) is 30.3 Å². The van der Waals surface area contributed by atoms with Gasteiger partial charge < -0.3 is 9.47 Å². The van der Waals surface area contributed by atoms with Crippen molar-refractivity contribution in [1.29, 1.82) is 0 Å². The van der Waals surface area contributed by atoms with Crippen molar-refractivity contribution in [2.24, 2.45) is 5.10 Å². The molecule has 0 aliphatic rings. The highest BCUT2D eigenvalue weighted by atomic mass is 35.5. The molecular weight excluding hydrogens is 442 g/mol. The predicted molar refractivity (Wildman–Crippen MR) is 123 cm³/mol. The number of carbonyl (C=O) groups excluding carboxylic acids is 1. The number of halogens is 1. The van der Waals surface area contributed by atoms with Gasteiger partial charge in [0.2, 0.25) is 10.0 Å². The van der Waals surface area contributed by atoms with Gasteiger partial charge in [-0.2, -0.15) is 5.10 Å². The van der Waals surface area contributed by atoms with E-state index in [0.29, 0.717) is 46.5 Å². The van der Waals surface area contributed by atoms with E-state index in [4.69, 9.17) is 21.1 Å². The van der Waals surface area contributed by atoms with Crippen molar-refractivity contribution in [1.82, 2.24) is 5.43 Å². The molecule has 2 rings (SSSR count). The summed E-state index contributed by atoms with van der Waals surface area (Å²) in [6, 6.07) is 10.1. The molecule has 31 heavy (non-hydrogen) atoms. The third-order valence-electron chi connectivity index (χ3n) is 4.10. The summed E-state index contributed by atoms with van der Waals surface area (Å²) in [5.41, 5.74) is 4.03. The van der Waals surface area contributed by atoms with E-state index in [1.807, 2.05) is 13.8 Å². The zero-order valence-electron chi connectivity index (χ0n) is 17.9. The summed E-state index contributed by atoms with van der Waals surface area (Å²) in [6.07, 6.45) is 2.46. The number of anilines is 1. The summed E-state index contributed by atoms with van der Waals surface area (Å²) < 4.78 is 36.6. The van der Waals surface area contributed by atoms with Gasteiger partial charge in [-0.1, -0.05) is 17.7 Å². The SMILES string of the molecule is CCOc1ccc(/C=N\NC(=O)CN(c2cc(Cl)ccc2C)S(C)(=O)=O)cc1OCC. The molecule has 10 heteroatoms. The molecular formula is C21H26ClN3O5S. The van der Waals surface area contributed by atoms with E-state index in [2.05, 4.69) is 10.5 Å². The number of hydrogen-bond acceptors (Lipinski definition) is 6. The van der Waals surface area contributed by atoms with Crippen LogP contribution in [0, 0.1) is 6.92 Å². The first-order valence-corrected chi connectivity index (χ1v) is 11.8. The lowest BCUT2D eigenvalue weighted by atomic mass is 10.2. The molecule has 0 fully saturated rings. The van der Waals surface area contributed by atoms with Crippen molar-refractivity contribution in [2.45, 2.75) is 20.8 Å². The molecule has 0 aliphatic heterocycles. The Kier molecular flexibility index (Phi) is 8.70. The van der Waals surface area contributed by atoms with Crippen LogP contribution in [0.4, 0.5) is 5.69 Å². The second-order valence-corrected chi connectivity index (χ2v) is 8.91. The van der Waals surface area contributed by atoms with Crippen LogP contribution in [0.25, 0.3) is 0 Å². The summed E-state index contributed by atoms with van der Waals surface area (Å²) in [4.78, 5) is 12.4. The van der Waals surface area contributed by atoms with Gasteiger partial charge in [-0.05, 0) is 62.2 Å². The molecule has 2 aromatic rings. The van der Waals surface area contributed by atoms with Gasteiger partial charge in [-0.3, -0.25) is 9.10 Å². The van der Waals surface area contributed by atoms with E-state index in [1.54, 1.807) is 37.3 Å². The lowest BCUT2D eigenvalue weighted by Crippen LogP contribution is -2.39. The lowest BCUT2D eigenvalue weighted by molar-refractivity contribution is -0.119. The van der Waals surface area contributed by atoms with Crippen LogP contribution < -0.4 is 19.2 Å². The maximum absolute atomic E-state index is 12.4. The van der Waals surface area contributed by atoms with E-state index in [0.717, 1.165) is 10.6 Å². The number of sulfonamides is 1. The summed E-state index contributed by atoms with van der Waals surface area (Å²) in [5.74, 6) is 0.586. The molecule has 0 heterocycles. The molecule has 1 N–H and O–H groups in total. The fourth-order valence-electron chi connectivity index (χ4n) is 2.72. The molecule has 0 saturated heterocycles. The van der Waals surface area contributed by atoms with Crippen LogP contribution in [0.5, 0.6) is 11.5 Å². The minimum atomic E-state index is -3.72. The van der Waals surface area contributed by atoms with Crippen LogP contribution in [0.3, 0.4) is 0 Å². The number of hydrogen-bond donors (Lipinski definition) is 1. The molecule has 0 unspecified atom stereocenters. The van der Waals surface area contributed by atoms with E-state index in [9.17, 15) is 13.2 Å². The van der Waals surface area contributed by atoms with E-state index in [1.165, 1.54) is 12.3 Å². The zero-order chi connectivity index (χ0) is 23.0. The maximum atomic E-state index is 12.4. The molecule has 0 spiro atoms. The number of amides is 1. The Labute approximate surface area is 187 Å². The third kappa shape index (κ3) is 7.15. The van der Waals surface area contributed by atoms with Crippen LogP contribution in [0.15, 0.2) is 41.5 Å². The Bertz CT molecular complexity index is 1060. The average molecular weight is 468 g/mol.